The molecule has 1 aromatic rings. The molecular weight excluding hydrogens is 290 g/mol. The zero-order chi connectivity index (χ0) is 17.1. The normalized spacial score (nSPS) is 12.3. The summed E-state index contributed by atoms with van der Waals surface area (Å²) >= 11 is 0. The van der Waals surface area contributed by atoms with Gasteiger partial charge in [0.25, 0.3) is 0 Å². The second-order valence-corrected chi connectivity index (χ2v) is 4.41. The van der Waals surface area contributed by atoms with E-state index in [1.165, 1.54) is 6.92 Å². The zero-order valence-corrected chi connectivity index (χ0v) is 12.2. The summed E-state index contributed by atoms with van der Waals surface area (Å²) in [5.74, 6) is -2.78. The Morgan fingerprint density at radius 3 is 2.14 bits per heavy atom. The maximum absolute atomic E-state index is 10.8. The molecule has 0 saturated carbocycles. The van der Waals surface area contributed by atoms with Crippen LogP contribution in [0.15, 0.2) is 30.3 Å². The minimum atomic E-state index is -0.999. The van der Waals surface area contributed by atoms with E-state index in [2.05, 4.69) is 5.32 Å². The zero-order valence-electron chi connectivity index (χ0n) is 12.2. The van der Waals surface area contributed by atoms with Crippen molar-refractivity contribution in [2.24, 2.45) is 11.5 Å². The third kappa shape index (κ3) is 7.98. The first-order chi connectivity index (χ1) is 10.3. The summed E-state index contributed by atoms with van der Waals surface area (Å²) in [6.07, 6.45) is -0.875. The lowest BCUT2D eigenvalue weighted by Gasteiger charge is -2.14. The van der Waals surface area contributed by atoms with Crippen molar-refractivity contribution in [1.82, 2.24) is 5.32 Å². The number of amides is 2. The first-order valence-corrected chi connectivity index (χ1v) is 6.50. The van der Waals surface area contributed by atoms with Crippen molar-refractivity contribution in [2.45, 2.75) is 18.9 Å². The third-order valence-electron chi connectivity index (χ3n) is 2.55. The summed E-state index contributed by atoms with van der Waals surface area (Å²) in [5, 5.41) is 20.3. The molecule has 0 radical (unpaired) electrons. The summed E-state index contributed by atoms with van der Waals surface area (Å²) < 4.78 is 0. The molecule has 8 nitrogen and oxygen atoms in total. The Labute approximate surface area is 128 Å². The van der Waals surface area contributed by atoms with Crippen LogP contribution >= 0.6 is 0 Å². The lowest BCUT2D eigenvalue weighted by Crippen LogP contribution is -2.36. The summed E-state index contributed by atoms with van der Waals surface area (Å²) in [5.41, 5.74) is 10.2. The summed E-state index contributed by atoms with van der Waals surface area (Å²) in [4.78, 5) is 31.0. The Morgan fingerprint density at radius 1 is 1.23 bits per heavy atom. The number of benzene rings is 1. The molecule has 2 amide bonds. The average Bonchev–Trinajstić information content (AvgIpc) is 2.45. The van der Waals surface area contributed by atoms with Crippen molar-refractivity contribution in [1.29, 1.82) is 0 Å². The van der Waals surface area contributed by atoms with Crippen molar-refractivity contribution >= 4 is 17.8 Å². The van der Waals surface area contributed by atoms with Crippen molar-refractivity contribution in [3.8, 4) is 0 Å². The van der Waals surface area contributed by atoms with Gasteiger partial charge in [-0.15, -0.1) is 0 Å². The topological polar surface area (TPSA) is 156 Å². The molecule has 0 fully saturated rings. The van der Waals surface area contributed by atoms with Crippen LogP contribution in [-0.2, 0) is 14.4 Å². The highest BCUT2D eigenvalue weighted by Gasteiger charge is 2.24. The molecule has 0 aromatic heterocycles. The number of hydrogen-bond acceptors (Lipinski definition) is 5. The first-order valence-electron chi connectivity index (χ1n) is 6.50. The summed E-state index contributed by atoms with van der Waals surface area (Å²) in [6.45, 7) is 1.22. The van der Waals surface area contributed by atoms with Gasteiger partial charge in [-0.2, -0.15) is 0 Å². The second kappa shape index (κ2) is 10.3. The molecule has 0 aliphatic carbocycles. The van der Waals surface area contributed by atoms with Crippen molar-refractivity contribution < 1.29 is 24.6 Å². The molecule has 122 valence electrons. The second-order valence-electron chi connectivity index (χ2n) is 4.41. The van der Waals surface area contributed by atoms with Gasteiger partial charge in [-0.05, 0) is 12.5 Å². The molecule has 1 rings (SSSR count). The van der Waals surface area contributed by atoms with E-state index in [0.29, 0.717) is 5.56 Å². The number of rotatable bonds is 6. The van der Waals surface area contributed by atoms with Crippen LogP contribution in [0.4, 0.5) is 0 Å². The number of aliphatic hydroxyl groups excluding tert-OH is 1. The van der Waals surface area contributed by atoms with E-state index in [-0.39, 0.29) is 19.0 Å². The van der Waals surface area contributed by atoms with E-state index >= 15 is 0 Å². The Morgan fingerprint density at radius 2 is 1.77 bits per heavy atom. The van der Waals surface area contributed by atoms with E-state index in [1.54, 1.807) is 24.3 Å². The van der Waals surface area contributed by atoms with Crippen LogP contribution in [-0.4, -0.2) is 47.2 Å². The number of aliphatic carboxylic acids is 1. The van der Waals surface area contributed by atoms with Crippen molar-refractivity contribution in [3.63, 3.8) is 0 Å². The molecule has 0 heterocycles. The Balaban J connectivity index is 0.000000433. The van der Waals surface area contributed by atoms with Crippen LogP contribution in [0.1, 0.15) is 18.4 Å². The largest absolute Gasteiger partial charge is 0.481 e. The molecule has 22 heavy (non-hydrogen) atoms. The van der Waals surface area contributed by atoms with Gasteiger partial charge < -0.3 is 27.0 Å². The molecular formula is C14H21N3O5. The van der Waals surface area contributed by atoms with E-state index in [1.807, 2.05) is 6.07 Å². The molecule has 0 aliphatic rings. The van der Waals surface area contributed by atoms with Gasteiger partial charge in [0, 0.05) is 0 Å². The third-order valence-corrected chi connectivity index (χ3v) is 2.55. The average molecular weight is 311 g/mol. The molecule has 7 N–H and O–H groups in total. The lowest BCUT2D eigenvalue weighted by atomic mass is 9.95. The minimum absolute atomic E-state index is 0.118. The lowest BCUT2D eigenvalue weighted by molar-refractivity contribution is -0.141. The van der Waals surface area contributed by atoms with E-state index in [9.17, 15) is 19.5 Å². The van der Waals surface area contributed by atoms with Gasteiger partial charge in [0.1, 0.15) is 5.92 Å². The number of aliphatic hydroxyl groups is 1. The van der Waals surface area contributed by atoms with Gasteiger partial charge in [-0.1, -0.05) is 30.3 Å². The van der Waals surface area contributed by atoms with Gasteiger partial charge in [-0.3, -0.25) is 14.4 Å². The number of primary amides is 1. The standard InChI is InChI=1S/C10H12O3.C4H9N3O2/c1-7(11)9(10(12)13)8-5-3-2-4-6-8;5-1-4(9)7-2-3(6)8/h2-7,9,11H,1H3,(H,12,13);1-2,5H2,(H2,6,8)(H,7,9). The van der Waals surface area contributed by atoms with Crippen LogP contribution in [0.3, 0.4) is 0 Å². The van der Waals surface area contributed by atoms with Crippen LogP contribution in [0, 0.1) is 0 Å². The van der Waals surface area contributed by atoms with Crippen LogP contribution < -0.4 is 16.8 Å². The Bertz CT molecular complexity index is 491. The summed E-state index contributed by atoms with van der Waals surface area (Å²) in [7, 11) is 0. The highest BCUT2D eigenvalue weighted by Crippen LogP contribution is 2.19. The van der Waals surface area contributed by atoms with E-state index in [0.717, 1.165) is 0 Å². The minimum Gasteiger partial charge on any atom is -0.481 e. The quantitative estimate of drug-likeness (QED) is 0.443. The van der Waals surface area contributed by atoms with Gasteiger partial charge >= 0.3 is 5.97 Å². The number of carboxylic acids is 1. The SMILES string of the molecule is CC(O)C(C(=O)O)c1ccccc1.NCC(=O)NCC(N)=O. The fourth-order valence-electron chi connectivity index (χ4n) is 1.55. The molecule has 2 atom stereocenters. The smallest absolute Gasteiger partial charge is 0.313 e. The molecule has 0 saturated heterocycles. The van der Waals surface area contributed by atoms with Crippen LogP contribution in [0.5, 0.6) is 0 Å². The predicted octanol–water partition coefficient (Wildman–Crippen LogP) is -1.22. The number of carbonyl (C=O) groups excluding carboxylic acids is 2. The molecule has 0 aliphatic heterocycles. The molecule has 0 spiro atoms. The summed E-state index contributed by atoms with van der Waals surface area (Å²) in [6, 6.07) is 8.72. The number of carbonyl (C=O) groups is 3. The van der Waals surface area contributed by atoms with E-state index in [4.69, 9.17) is 16.6 Å². The Hall–Kier alpha value is -2.45. The maximum Gasteiger partial charge on any atom is 0.313 e. The van der Waals surface area contributed by atoms with Gasteiger partial charge in [0.05, 0.1) is 19.2 Å². The molecule has 1 aromatic carbocycles. The number of nitrogens with two attached hydrogens (primary N) is 2. The molecule has 8 heteroatoms. The first kappa shape index (κ1) is 19.6. The van der Waals surface area contributed by atoms with Crippen molar-refractivity contribution in [2.75, 3.05) is 13.1 Å². The van der Waals surface area contributed by atoms with Gasteiger partial charge in [0.2, 0.25) is 11.8 Å². The molecule has 2 unspecified atom stereocenters. The number of carboxylic acid groups (broad SMARTS) is 1. The maximum atomic E-state index is 10.8. The van der Waals surface area contributed by atoms with Crippen LogP contribution in [0.25, 0.3) is 0 Å². The molecule has 0 bridgehead atoms. The monoisotopic (exact) mass is 311 g/mol. The van der Waals surface area contributed by atoms with Crippen LogP contribution in [0.2, 0.25) is 0 Å². The van der Waals surface area contributed by atoms with Gasteiger partial charge in [-0.25, -0.2) is 0 Å². The fraction of sp³-hybridized carbons (Fsp3) is 0.357. The van der Waals surface area contributed by atoms with Gasteiger partial charge in [0.15, 0.2) is 0 Å². The highest BCUT2D eigenvalue weighted by atomic mass is 16.4. The number of hydrogen-bond donors (Lipinski definition) is 5. The van der Waals surface area contributed by atoms with Crippen molar-refractivity contribution in [3.05, 3.63) is 35.9 Å². The Kier molecular flexibility index (Phi) is 9.15. The van der Waals surface area contributed by atoms with E-state index < -0.39 is 23.9 Å². The fourth-order valence-corrected chi connectivity index (χ4v) is 1.55. The predicted molar refractivity (Wildman–Crippen MR) is 79.8 cm³/mol. The highest BCUT2D eigenvalue weighted by molar-refractivity contribution is 5.84. The number of nitrogens with one attached hydrogen (secondary N) is 1.